The molecule has 1 unspecified atom stereocenters. The van der Waals surface area contributed by atoms with Crippen LogP contribution in [-0.4, -0.2) is 48.1 Å². The van der Waals surface area contributed by atoms with E-state index in [9.17, 15) is 9.90 Å². The highest BCUT2D eigenvalue weighted by Gasteiger charge is 2.27. The van der Waals surface area contributed by atoms with Gasteiger partial charge in [-0.05, 0) is 31.2 Å². The molecule has 8 heteroatoms. The van der Waals surface area contributed by atoms with Crippen LogP contribution >= 0.6 is 34.8 Å². The number of nitrogens with one attached hydrogen (secondary N) is 1. The SMILES string of the molecule is CC(C(=O)Nc1cc(Cl)c(Cl)cc1Cl)N1CCN(c2ccccc2O)CC1. The minimum Gasteiger partial charge on any atom is -0.506 e. The van der Waals surface area contributed by atoms with Gasteiger partial charge in [-0.2, -0.15) is 0 Å². The molecule has 0 aliphatic carbocycles. The number of nitrogens with zero attached hydrogens (tertiary/aromatic N) is 2. The quantitative estimate of drug-likeness (QED) is 0.704. The predicted molar refractivity (Wildman–Crippen MR) is 111 cm³/mol. The summed E-state index contributed by atoms with van der Waals surface area (Å²) in [5.74, 6) is 0.109. The maximum Gasteiger partial charge on any atom is 0.241 e. The summed E-state index contributed by atoms with van der Waals surface area (Å²) in [4.78, 5) is 16.8. The Bertz CT molecular complexity index is 839. The van der Waals surface area contributed by atoms with E-state index in [1.165, 1.54) is 6.07 Å². The molecule has 5 nitrogen and oxygen atoms in total. The van der Waals surface area contributed by atoms with E-state index >= 15 is 0 Å². The normalized spacial score (nSPS) is 16.2. The van der Waals surface area contributed by atoms with Gasteiger partial charge in [0.1, 0.15) is 5.75 Å². The molecule has 3 rings (SSSR count). The number of phenols is 1. The van der Waals surface area contributed by atoms with Crippen molar-refractivity contribution < 1.29 is 9.90 Å². The third-order valence-corrected chi connectivity index (χ3v) is 5.77. The molecule has 1 fully saturated rings. The molecule has 2 N–H and O–H groups in total. The second-order valence-electron chi connectivity index (χ2n) is 6.42. The van der Waals surface area contributed by atoms with Crippen molar-refractivity contribution in [2.24, 2.45) is 0 Å². The minimum atomic E-state index is -0.331. The van der Waals surface area contributed by atoms with Gasteiger partial charge in [0, 0.05) is 26.2 Å². The van der Waals surface area contributed by atoms with Crippen LogP contribution in [0.5, 0.6) is 5.75 Å². The van der Waals surface area contributed by atoms with Crippen molar-refractivity contribution in [1.29, 1.82) is 0 Å². The number of amides is 1. The van der Waals surface area contributed by atoms with Crippen LogP contribution in [0, 0.1) is 0 Å². The molecule has 27 heavy (non-hydrogen) atoms. The van der Waals surface area contributed by atoms with Crippen LogP contribution < -0.4 is 10.2 Å². The van der Waals surface area contributed by atoms with Gasteiger partial charge in [-0.1, -0.05) is 46.9 Å². The highest BCUT2D eigenvalue weighted by atomic mass is 35.5. The van der Waals surface area contributed by atoms with Crippen LogP contribution in [0.4, 0.5) is 11.4 Å². The fraction of sp³-hybridized carbons (Fsp3) is 0.316. The van der Waals surface area contributed by atoms with Gasteiger partial charge < -0.3 is 15.3 Å². The van der Waals surface area contributed by atoms with E-state index in [0.717, 1.165) is 18.8 Å². The van der Waals surface area contributed by atoms with Crippen molar-refractivity contribution >= 4 is 52.1 Å². The fourth-order valence-electron chi connectivity index (χ4n) is 3.10. The molecule has 1 aliphatic rings. The molecule has 0 aromatic heterocycles. The van der Waals surface area contributed by atoms with Crippen molar-refractivity contribution in [2.45, 2.75) is 13.0 Å². The number of benzene rings is 2. The first-order valence-electron chi connectivity index (χ1n) is 8.59. The Kier molecular flexibility index (Phi) is 6.37. The molecule has 0 bridgehead atoms. The summed E-state index contributed by atoms with van der Waals surface area (Å²) in [7, 11) is 0. The number of rotatable bonds is 4. The maximum atomic E-state index is 12.6. The zero-order valence-corrected chi connectivity index (χ0v) is 17.0. The van der Waals surface area contributed by atoms with Crippen LogP contribution in [0.1, 0.15) is 6.92 Å². The molecule has 1 aliphatic heterocycles. The summed E-state index contributed by atoms with van der Waals surface area (Å²) in [5, 5.41) is 13.8. The maximum absolute atomic E-state index is 12.6. The Balaban J connectivity index is 1.60. The Morgan fingerprint density at radius 3 is 2.33 bits per heavy atom. The number of carbonyl (C=O) groups excluding carboxylic acids is 1. The second-order valence-corrected chi connectivity index (χ2v) is 7.64. The van der Waals surface area contributed by atoms with Gasteiger partial charge >= 0.3 is 0 Å². The first-order chi connectivity index (χ1) is 12.9. The lowest BCUT2D eigenvalue weighted by Crippen LogP contribution is -2.52. The second kappa shape index (κ2) is 8.57. The molecular weight excluding hydrogens is 409 g/mol. The van der Waals surface area contributed by atoms with Crippen molar-refractivity contribution in [2.75, 3.05) is 36.4 Å². The van der Waals surface area contributed by atoms with Crippen molar-refractivity contribution in [3.8, 4) is 5.75 Å². The van der Waals surface area contributed by atoms with E-state index < -0.39 is 0 Å². The van der Waals surface area contributed by atoms with Gasteiger partial charge in [-0.3, -0.25) is 9.69 Å². The third kappa shape index (κ3) is 4.61. The van der Waals surface area contributed by atoms with Crippen LogP contribution in [0.15, 0.2) is 36.4 Å². The van der Waals surface area contributed by atoms with Gasteiger partial charge in [0.15, 0.2) is 0 Å². The van der Waals surface area contributed by atoms with E-state index in [1.807, 2.05) is 19.1 Å². The molecule has 144 valence electrons. The monoisotopic (exact) mass is 427 g/mol. The number of aromatic hydroxyl groups is 1. The third-order valence-electron chi connectivity index (χ3n) is 4.73. The first-order valence-corrected chi connectivity index (χ1v) is 9.72. The van der Waals surface area contributed by atoms with Crippen LogP contribution in [0.25, 0.3) is 0 Å². The Morgan fingerprint density at radius 1 is 1.04 bits per heavy atom. The topological polar surface area (TPSA) is 55.8 Å². The van der Waals surface area contributed by atoms with Crippen LogP contribution in [-0.2, 0) is 4.79 Å². The Morgan fingerprint density at radius 2 is 1.67 bits per heavy atom. The molecule has 0 spiro atoms. The number of hydrogen-bond acceptors (Lipinski definition) is 4. The van der Waals surface area contributed by atoms with Crippen molar-refractivity contribution in [3.05, 3.63) is 51.5 Å². The average Bonchev–Trinajstić information content (AvgIpc) is 2.66. The summed E-state index contributed by atoms with van der Waals surface area (Å²) in [5.41, 5.74) is 1.26. The van der Waals surface area contributed by atoms with E-state index in [1.54, 1.807) is 18.2 Å². The average molecular weight is 429 g/mol. The highest BCUT2D eigenvalue weighted by Crippen LogP contribution is 2.32. The van der Waals surface area contributed by atoms with E-state index in [4.69, 9.17) is 34.8 Å². The molecule has 1 amide bonds. The lowest BCUT2D eigenvalue weighted by atomic mass is 10.2. The number of phenolic OH excluding ortho intramolecular Hbond substituents is 1. The molecule has 0 radical (unpaired) electrons. The molecule has 0 saturated carbocycles. The van der Waals surface area contributed by atoms with Gasteiger partial charge in [0.05, 0.1) is 32.5 Å². The van der Waals surface area contributed by atoms with E-state index in [2.05, 4.69) is 15.1 Å². The van der Waals surface area contributed by atoms with Crippen molar-refractivity contribution in [3.63, 3.8) is 0 Å². The lowest BCUT2D eigenvalue weighted by Gasteiger charge is -2.38. The van der Waals surface area contributed by atoms with Gasteiger partial charge in [-0.25, -0.2) is 0 Å². The number of para-hydroxylation sites is 2. The summed E-state index contributed by atoms with van der Waals surface area (Å²) >= 11 is 18.1. The van der Waals surface area contributed by atoms with Gasteiger partial charge in [0.2, 0.25) is 5.91 Å². The standard InChI is InChI=1S/C19H20Cl3N3O2/c1-12(19(27)23-16-11-14(21)13(20)10-15(16)22)24-6-8-25(9-7-24)17-4-2-3-5-18(17)26/h2-5,10-12,26H,6-9H2,1H3,(H,23,27). The first kappa shape index (κ1) is 20.1. The van der Waals surface area contributed by atoms with Crippen LogP contribution in [0.2, 0.25) is 15.1 Å². The number of halogens is 3. The van der Waals surface area contributed by atoms with E-state index in [0.29, 0.717) is 33.8 Å². The molecule has 2 aromatic rings. The Labute approximate surface area is 173 Å². The molecule has 1 atom stereocenters. The number of hydrogen-bond donors (Lipinski definition) is 2. The van der Waals surface area contributed by atoms with E-state index in [-0.39, 0.29) is 17.7 Å². The predicted octanol–water partition coefficient (Wildman–Crippen LogP) is 4.50. The molecule has 1 heterocycles. The van der Waals surface area contributed by atoms with Crippen molar-refractivity contribution in [1.82, 2.24) is 4.90 Å². The molecule has 1 saturated heterocycles. The number of carbonyl (C=O) groups is 1. The summed E-state index contributed by atoms with van der Waals surface area (Å²) in [6.07, 6.45) is 0. The summed E-state index contributed by atoms with van der Waals surface area (Å²) in [6.45, 7) is 4.72. The minimum absolute atomic E-state index is 0.161. The van der Waals surface area contributed by atoms with Crippen LogP contribution in [0.3, 0.4) is 0 Å². The number of anilines is 2. The van der Waals surface area contributed by atoms with Gasteiger partial charge in [0.25, 0.3) is 0 Å². The highest BCUT2D eigenvalue weighted by molar-refractivity contribution is 6.44. The summed E-state index contributed by atoms with van der Waals surface area (Å²) < 4.78 is 0. The lowest BCUT2D eigenvalue weighted by molar-refractivity contribution is -0.120. The smallest absolute Gasteiger partial charge is 0.241 e. The Hall–Kier alpha value is -1.66. The summed E-state index contributed by atoms with van der Waals surface area (Å²) in [6, 6.07) is 10.0. The fourth-order valence-corrected chi connectivity index (χ4v) is 3.70. The molecule has 2 aromatic carbocycles. The number of piperazine rings is 1. The molecular formula is C19H20Cl3N3O2. The zero-order valence-electron chi connectivity index (χ0n) is 14.8. The largest absolute Gasteiger partial charge is 0.506 e. The zero-order chi connectivity index (χ0) is 19.6. The van der Waals surface area contributed by atoms with Gasteiger partial charge in [-0.15, -0.1) is 0 Å².